The van der Waals surface area contributed by atoms with Gasteiger partial charge < -0.3 is 34.2 Å². The van der Waals surface area contributed by atoms with Gasteiger partial charge in [0.25, 0.3) is 0 Å². The zero-order valence-corrected chi connectivity index (χ0v) is 81.0. The van der Waals surface area contributed by atoms with Crippen LogP contribution in [0.15, 0.2) is 182 Å². The molecule has 0 aromatic heterocycles. The van der Waals surface area contributed by atoms with Gasteiger partial charge in [0.05, 0.1) is 26.4 Å². The van der Waals surface area contributed by atoms with Crippen LogP contribution in [-0.4, -0.2) is 95.9 Å². The van der Waals surface area contributed by atoms with Crippen molar-refractivity contribution in [2.75, 3.05) is 39.6 Å². The van der Waals surface area contributed by atoms with Crippen LogP contribution in [0.2, 0.25) is 0 Å². The number of esters is 3. The molecule has 16 nitrogen and oxygen atoms in total. The molecule has 0 saturated heterocycles. The van der Waals surface area contributed by atoms with Gasteiger partial charge in [-0.1, -0.05) is 428 Å². The molecule has 716 valence electrons. The average molecular weight is 1790 g/mol. The standard InChI is InChI=1S/C107H182O16P2/c1-4-7-10-13-16-19-22-25-28-31-34-36-38-40-42-44-46-48-50-52-54-56-58-60-62-64-67-69-72-75-78-81-84-87-90-93-105(110)117-96-102(108)97-119-124(113,114)120-98-103(109)99-121-125(115,116)122-101-104(123-107(112)95-92-89-86-83-80-77-74-71-66-33-30-27-24-21-18-15-12-9-6-3)100-118-106(111)94-91-88-85-82-79-76-73-70-68-65-63-61-59-57-55-53-51-49-47-45-43-41-39-37-35-32-29-26-23-20-17-14-11-8-5-2/h7-12,16-21,25-30,34-37,40-43,66,71,77,80,102-104,108-109H,4-6,13-15,22-24,31-33,38-39,44-65,67-70,72-76,78-79,81-101H2,1-3H3,(H,113,114)(H,115,116)/b10-7-,11-8-,12-9-,19-16-,20-17-,21-18-,28-25-,29-26-,30-27-,36-34-,37-35-,42-40-,43-41-,71-66-,80-77-. The van der Waals surface area contributed by atoms with E-state index in [0.29, 0.717) is 19.3 Å². The number of hydrogen-bond donors (Lipinski definition) is 4. The van der Waals surface area contributed by atoms with E-state index in [9.17, 15) is 43.5 Å². The zero-order valence-electron chi connectivity index (χ0n) is 79.2. The van der Waals surface area contributed by atoms with E-state index in [4.69, 9.17) is 32.3 Å². The van der Waals surface area contributed by atoms with Gasteiger partial charge in [-0.25, -0.2) is 9.13 Å². The molecule has 18 heteroatoms. The maximum atomic E-state index is 13.1. The van der Waals surface area contributed by atoms with Crippen LogP contribution in [0.3, 0.4) is 0 Å². The summed E-state index contributed by atoms with van der Waals surface area (Å²) >= 11 is 0. The molecule has 0 aliphatic rings. The van der Waals surface area contributed by atoms with Gasteiger partial charge in [-0.3, -0.25) is 32.5 Å². The highest BCUT2D eigenvalue weighted by molar-refractivity contribution is 7.47. The lowest BCUT2D eigenvalue weighted by Gasteiger charge is -2.21. The SMILES string of the molecule is CC/C=C\C/C=C\C/C=C\C/C=C\C/C=C\CCCCCCCCCCCCCCCCCCCCCC(=O)OCC(O)COP(=O)(O)OCC(O)COP(=O)(O)OCC(COC(=O)CCCCCCCCCCCCCCCCCCCCC/C=C\C/C=C\C/C=C\C/C=C\C/C=C\CC)OC(=O)CCCCC/C=C\C/C=C\C/C=C\C/C=C\C/C=C\CC. The van der Waals surface area contributed by atoms with Crippen LogP contribution in [0.5, 0.6) is 0 Å². The number of aliphatic hydroxyl groups excluding tert-OH is 2. The minimum Gasteiger partial charge on any atom is -0.463 e. The van der Waals surface area contributed by atoms with Crippen LogP contribution in [0.1, 0.15) is 419 Å². The van der Waals surface area contributed by atoms with Crippen LogP contribution < -0.4 is 0 Å². The smallest absolute Gasteiger partial charge is 0.463 e. The first-order chi connectivity index (χ1) is 61.2. The largest absolute Gasteiger partial charge is 0.472 e. The first-order valence-corrected chi connectivity index (χ1v) is 53.1. The number of aliphatic hydroxyl groups is 2. The summed E-state index contributed by atoms with van der Waals surface area (Å²) in [5.74, 6) is -1.60. The number of ether oxygens (including phenoxy) is 3. The van der Waals surface area contributed by atoms with Crippen molar-refractivity contribution in [3.63, 3.8) is 0 Å². The topological polar surface area (TPSA) is 231 Å². The van der Waals surface area contributed by atoms with E-state index in [1.807, 2.05) is 0 Å². The van der Waals surface area contributed by atoms with Crippen LogP contribution in [0.4, 0.5) is 0 Å². The van der Waals surface area contributed by atoms with Gasteiger partial charge in [-0.2, -0.15) is 0 Å². The van der Waals surface area contributed by atoms with Gasteiger partial charge in [0.1, 0.15) is 25.4 Å². The molecule has 0 radical (unpaired) electrons. The van der Waals surface area contributed by atoms with E-state index in [1.54, 1.807) is 0 Å². The highest BCUT2D eigenvalue weighted by Gasteiger charge is 2.30. The first kappa shape index (κ1) is 120. The zero-order chi connectivity index (χ0) is 90.7. The predicted molar refractivity (Wildman–Crippen MR) is 528 cm³/mol. The Bertz CT molecular complexity index is 3000. The summed E-state index contributed by atoms with van der Waals surface area (Å²) in [6, 6.07) is 0. The molecule has 5 atom stereocenters. The number of rotatable bonds is 94. The van der Waals surface area contributed by atoms with Crippen molar-refractivity contribution in [3.8, 4) is 0 Å². The summed E-state index contributed by atoms with van der Waals surface area (Å²) in [6.07, 6.45) is 130. The van der Waals surface area contributed by atoms with Crippen LogP contribution in [0, 0.1) is 0 Å². The Kier molecular flexibility index (Phi) is 93.5. The summed E-state index contributed by atoms with van der Waals surface area (Å²) in [6.45, 7) is 2.36. The van der Waals surface area contributed by atoms with Crippen molar-refractivity contribution in [2.45, 2.75) is 437 Å². The maximum absolute atomic E-state index is 13.1. The Hall–Kier alpha value is -5.35. The van der Waals surface area contributed by atoms with Crippen LogP contribution in [0.25, 0.3) is 0 Å². The molecule has 0 aliphatic carbocycles. The number of allylic oxidation sites excluding steroid dienone is 30. The third-order valence-corrected chi connectivity index (χ3v) is 23.0. The molecular weight excluding hydrogens is 1600 g/mol. The number of phosphoric ester groups is 2. The van der Waals surface area contributed by atoms with E-state index in [0.717, 1.165) is 154 Å². The second kappa shape index (κ2) is 97.7. The Morgan fingerprint density at radius 3 is 0.640 bits per heavy atom. The summed E-state index contributed by atoms with van der Waals surface area (Å²) < 4.78 is 61.5. The molecule has 0 heterocycles. The fraction of sp³-hybridized carbons (Fsp3) is 0.692. The molecule has 0 aromatic carbocycles. The monoisotopic (exact) mass is 1790 g/mol. The summed E-state index contributed by atoms with van der Waals surface area (Å²) in [7, 11) is -9.83. The van der Waals surface area contributed by atoms with Gasteiger partial charge in [0, 0.05) is 19.3 Å². The lowest BCUT2D eigenvalue weighted by Crippen LogP contribution is -2.30. The molecule has 0 saturated carbocycles. The highest BCUT2D eigenvalue weighted by atomic mass is 31.2. The number of carbonyl (C=O) groups is 3. The summed E-state index contributed by atoms with van der Waals surface area (Å²) in [4.78, 5) is 59.1. The van der Waals surface area contributed by atoms with Gasteiger partial charge in [0.15, 0.2) is 6.10 Å². The molecule has 125 heavy (non-hydrogen) atoms. The molecule has 0 spiro atoms. The number of hydrogen-bond acceptors (Lipinski definition) is 14. The Balaban J connectivity index is 4.49. The van der Waals surface area contributed by atoms with Crippen molar-refractivity contribution in [1.29, 1.82) is 0 Å². The van der Waals surface area contributed by atoms with Gasteiger partial charge in [-0.05, 0) is 154 Å². The maximum Gasteiger partial charge on any atom is 0.472 e. The number of unbranched alkanes of at least 4 members (excludes halogenated alkanes) is 41. The van der Waals surface area contributed by atoms with Gasteiger partial charge >= 0.3 is 33.6 Å². The molecule has 0 aromatic rings. The van der Waals surface area contributed by atoms with E-state index in [-0.39, 0.29) is 19.3 Å². The summed E-state index contributed by atoms with van der Waals surface area (Å²) in [5.41, 5.74) is 0. The quantitative estimate of drug-likeness (QED) is 0.0146. The lowest BCUT2D eigenvalue weighted by molar-refractivity contribution is -0.161. The molecule has 0 rings (SSSR count). The molecule has 5 unspecified atom stereocenters. The third-order valence-electron chi connectivity index (χ3n) is 21.1. The average Bonchev–Trinajstić information content (AvgIpc) is 0.893. The van der Waals surface area contributed by atoms with Crippen LogP contribution >= 0.6 is 15.6 Å². The van der Waals surface area contributed by atoms with Crippen LogP contribution in [-0.2, 0) is 55.8 Å². The van der Waals surface area contributed by atoms with E-state index >= 15 is 0 Å². The van der Waals surface area contributed by atoms with Crippen molar-refractivity contribution >= 4 is 33.6 Å². The van der Waals surface area contributed by atoms with Gasteiger partial charge in [0.2, 0.25) is 0 Å². The summed E-state index contributed by atoms with van der Waals surface area (Å²) in [5, 5.41) is 20.8. The van der Waals surface area contributed by atoms with Crippen molar-refractivity contribution in [2.24, 2.45) is 0 Å². The van der Waals surface area contributed by atoms with Crippen molar-refractivity contribution in [3.05, 3.63) is 182 Å². The molecule has 4 N–H and O–H groups in total. The fourth-order valence-corrected chi connectivity index (χ4v) is 15.2. The second-order valence-corrected chi connectivity index (χ2v) is 36.0. The minimum atomic E-state index is -4.95. The molecule has 0 aliphatic heterocycles. The lowest BCUT2D eigenvalue weighted by atomic mass is 10.0. The van der Waals surface area contributed by atoms with E-state index in [1.165, 1.54) is 205 Å². The van der Waals surface area contributed by atoms with E-state index in [2.05, 4.69) is 203 Å². The fourth-order valence-electron chi connectivity index (χ4n) is 13.7. The molecule has 0 bridgehead atoms. The third kappa shape index (κ3) is 99.1. The number of phosphoric acid groups is 2. The number of carbonyl (C=O) groups excluding carboxylic acids is 3. The first-order valence-electron chi connectivity index (χ1n) is 50.1. The van der Waals surface area contributed by atoms with Crippen molar-refractivity contribution < 1.29 is 75.8 Å². The van der Waals surface area contributed by atoms with Gasteiger partial charge in [-0.15, -0.1) is 0 Å². The second-order valence-electron chi connectivity index (χ2n) is 33.1. The molecular formula is C107H182O16P2. The Morgan fingerprint density at radius 1 is 0.224 bits per heavy atom. The molecule has 0 amide bonds. The van der Waals surface area contributed by atoms with E-state index < -0.39 is 91.5 Å². The Morgan fingerprint density at radius 2 is 0.400 bits per heavy atom. The predicted octanol–water partition coefficient (Wildman–Crippen LogP) is 31.6. The highest BCUT2D eigenvalue weighted by Crippen LogP contribution is 2.45. The Labute approximate surface area is 764 Å². The molecule has 0 fully saturated rings. The van der Waals surface area contributed by atoms with Crippen molar-refractivity contribution in [1.82, 2.24) is 0 Å². The normalized spacial score (nSPS) is 14.5. The minimum absolute atomic E-state index is 0.0630.